The number of rotatable bonds is 4. The van der Waals surface area contributed by atoms with Crippen molar-refractivity contribution in [2.75, 3.05) is 18.0 Å². The number of allylic oxidation sites excluding steroid dienone is 1. The quantitative estimate of drug-likeness (QED) is 0.364. The molecule has 0 radical (unpaired) electrons. The van der Waals surface area contributed by atoms with E-state index in [0.717, 1.165) is 12.5 Å². The number of hydrogen-bond acceptors (Lipinski definition) is 4. The van der Waals surface area contributed by atoms with Gasteiger partial charge in [-0.3, -0.25) is 4.79 Å². The van der Waals surface area contributed by atoms with Gasteiger partial charge in [0.15, 0.2) is 5.78 Å². The summed E-state index contributed by atoms with van der Waals surface area (Å²) < 4.78 is 30.2. The van der Waals surface area contributed by atoms with Crippen LogP contribution in [0.2, 0.25) is 0 Å². The number of benzene rings is 1. The van der Waals surface area contributed by atoms with Crippen molar-refractivity contribution in [3.05, 3.63) is 40.2 Å². The van der Waals surface area contributed by atoms with Crippen molar-refractivity contribution in [1.82, 2.24) is 0 Å². The zero-order valence-corrected chi connectivity index (χ0v) is 15.7. The highest BCUT2D eigenvalue weighted by atomic mass is 19.1. The molecule has 1 heterocycles. The SMILES string of the molecule is C/C=C(/C(=O)O)C(=O)c1cc(F)c(N2CC3(N)CCCC3(F)C2)c(C)c1C. The number of carbonyl (C=O) groups excluding carboxylic acids is 1. The predicted molar refractivity (Wildman–Crippen MR) is 98.4 cm³/mol. The molecular formula is C20H24F2N2O3. The van der Waals surface area contributed by atoms with Gasteiger partial charge in [0.2, 0.25) is 0 Å². The van der Waals surface area contributed by atoms with Crippen LogP contribution in [0, 0.1) is 19.7 Å². The lowest BCUT2D eigenvalue weighted by Gasteiger charge is -2.27. The Bertz CT molecular complexity index is 849. The van der Waals surface area contributed by atoms with Gasteiger partial charge in [-0.2, -0.15) is 0 Å². The molecule has 1 aromatic rings. The lowest BCUT2D eigenvalue weighted by atomic mass is 9.89. The van der Waals surface area contributed by atoms with Crippen molar-refractivity contribution in [2.24, 2.45) is 5.73 Å². The Labute approximate surface area is 156 Å². The fourth-order valence-corrected chi connectivity index (χ4v) is 4.45. The molecule has 0 amide bonds. The molecule has 0 aromatic heterocycles. The van der Waals surface area contributed by atoms with Crippen LogP contribution in [-0.4, -0.2) is 41.2 Å². The van der Waals surface area contributed by atoms with E-state index >= 15 is 4.39 Å². The molecule has 27 heavy (non-hydrogen) atoms. The lowest BCUT2D eigenvalue weighted by molar-refractivity contribution is -0.132. The highest BCUT2D eigenvalue weighted by Crippen LogP contribution is 2.48. The van der Waals surface area contributed by atoms with Gasteiger partial charge in [0.25, 0.3) is 0 Å². The Hall–Kier alpha value is -2.28. The van der Waals surface area contributed by atoms with E-state index in [1.165, 1.54) is 13.0 Å². The predicted octanol–water partition coefficient (Wildman–Crippen LogP) is 3.07. The number of alkyl halides is 1. The van der Waals surface area contributed by atoms with Crippen molar-refractivity contribution in [2.45, 2.75) is 51.2 Å². The zero-order chi connectivity index (χ0) is 20.1. The number of ketones is 1. The third-order valence-corrected chi connectivity index (χ3v) is 6.15. The van der Waals surface area contributed by atoms with Crippen molar-refractivity contribution >= 4 is 17.4 Å². The largest absolute Gasteiger partial charge is 0.478 e. The molecular weight excluding hydrogens is 354 g/mol. The van der Waals surface area contributed by atoms with Crippen LogP contribution in [0.15, 0.2) is 17.7 Å². The Morgan fingerprint density at radius 3 is 2.48 bits per heavy atom. The minimum absolute atomic E-state index is 0.000986. The summed E-state index contributed by atoms with van der Waals surface area (Å²) in [7, 11) is 0. The number of hydrogen-bond donors (Lipinski definition) is 2. The van der Waals surface area contributed by atoms with Gasteiger partial charge in [0, 0.05) is 12.1 Å². The summed E-state index contributed by atoms with van der Waals surface area (Å²) in [5.74, 6) is -2.78. The van der Waals surface area contributed by atoms with Gasteiger partial charge in [-0.1, -0.05) is 6.08 Å². The normalized spacial score (nSPS) is 27.8. The fourth-order valence-electron chi connectivity index (χ4n) is 4.45. The number of halogens is 2. The van der Waals surface area contributed by atoms with E-state index in [9.17, 15) is 14.0 Å². The third-order valence-electron chi connectivity index (χ3n) is 6.15. The molecule has 5 nitrogen and oxygen atoms in total. The second-order valence-corrected chi connectivity index (χ2v) is 7.67. The molecule has 146 valence electrons. The highest BCUT2D eigenvalue weighted by molar-refractivity contribution is 6.24. The topological polar surface area (TPSA) is 83.6 Å². The van der Waals surface area contributed by atoms with Crippen molar-refractivity contribution in [1.29, 1.82) is 0 Å². The number of carboxylic acids is 1. The molecule has 3 rings (SSSR count). The van der Waals surface area contributed by atoms with E-state index in [4.69, 9.17) is 10.8 Å². The third kappa shape index (κ3) is 2.84. The van der Waals surface area contributed by atoms with Gasteiger partial charge < -0.3 is 15.7 Å². The number of nitrogens with two attached hydrogens (primary N) is 1. The molecule has 1 aliphatic carbocycles. The smallest absolute Gasteiger partial charge is 0.339 e. The summed E-state index contributed by atoms with van der Waals surface area (Å²) in [6.45, 7) is 4.97. The molecule has 1 aromatic carbocycles. The number of Topliss-reactive ketones (excluding diaryl/α,β-unsaturated/α-hetero) is 1. The van der Waals surface area contributed by atoms with Crippen LogP contribution in [-0.2, 0) is 4.79 Å². The standard InChI is InChI=1S/C20H24F2N2O3/c1-4-13(18(26)27)17(25)14-8-15(21)16(12(3)11(14)2)24-9-19(22)6-5-7-20(19,23)10-24/h4,8H,5-7,9-10,23H2,1-3H3,(H,26,27)/b13-4+. The summed E-state index contributed by atoms with van der Waals surface area (Å²) >= 11 is 0. The van der Waals surface area contributed by atoms with Gasteiger partial charge in [-0.25, -0.2) is 13.6 Å². The number of nitrogens with zero attached hydrogens (tertiary/aromatic N) is 1. The second-order valence-electron chi connectivity index (χ2n) is 7.67. The first-order valence-electron chi connectivity index (χ1n) is 9.01. The average molecular weight is 378 g/mol. The van der Waals surface area contributed by atoms with Gasteiger partial charge in [0.1, 0.15) is 17.1 Å². The van der Waals surface area contributed by atoms with Crippen molar-refractivity contribution in [3.63, 3.8) is 0 Å². The molecule has 0 spiro atoms. The molecule has 1 saturated carbocycles. The first kappa shape index (κ1) is 19.5. The molecule has 3 N–H and O–H groups in total. The highest BCUT2D eigenvalue weighted by Gasteiger charge is 2.59. The minimum atomic E-state index is -1.55. The van der Waals surface area contributed by atoms with E-state index in [2.05, 4.69) is 0 Å². The summed E-state index contributed by atoms with van der Waals surface area (Å²) in [6, 6.07) is 1.05. The van der Waals surface area contributed by atoms with Gasteiger partial charge in [-0.15, -0.1) is 0 Å². The summed E-state index contributed by atoms with van der Waals surface area (Å²) in [5.41, 5.74) is 4.53. The van der Waals surface area contributed by atoms with Crippen LogP contribution in [0.25, 0.3) is 0 Å². The van der Waals surface area contributed by atoms with Gasteiger partial charge >= 0.3 is 5.97 Å². The average Bonchev–Trinajstić information content (AvgIpc) is 2.98. The van der Waals surface area contributed by atoms with Gasteiger partial charge in [0.05, 0.1) is 17.8 Å². The maximum Gasteiger partial charge on any atom is 0.339 e. The molecule has 2 atom stereocenters. The summed E-state index contributed by atoms with van der Waals surface area (Å²) in [6.07, 6.45) is 2.83. The Kier molecular flexibility index (Phi) is 4.62. The molecule has 2 unspecified atom stereocenters. The van der Waals surface area contributed by atoms with E-state index in [1.54, 1.807) is 18.7 Å². The first-order chi connectivity index (χ1) is 12.5. The van der Waals surface area contributed by atoms with E-state index < -0.39 is 34.4 Å². The number of fused-ring (bicyclic) bond motifs is 1. The fraction of sp³-hybridized carbons (Fsp3) is 0.500. The molecule has 2 aliphatic rings. The van der Waals surface area contributed by atoms with Crippen LogP contribution >= 0.6 is 0 Å². The molecule has 7 heteroatoms. The number of aliphatic carboxylic acids is 1. The van der Waals surface area contributed by atoms with E-state index in [-0.39, 0.29) is 24.3 Å². The molecule has 1 aliphatic heterocycles. The van der Waals surface area contributed by atoms with Gasteiger partial charge in [-0.05, 0) is 57.2 Å². The minimum Gasteiger partial charge on any atom is -0.478 e. The van der Waals surface area contributed by atoms with E-state index in [1.807, 2.05) is 0 Å². The Morgan fingerprint density at radius 2 is 1.93 bits per heavy atom. The van der Waals surface area contributed by atoms with Crippen molar-refractivity contribution in [3.8, 4) is 0 Å². The second kappa shape index (κ2) is 6.41. The molecule has 1 saturated heterocycles. The van der Waals surface area contributed by atoms with Crippen LogP contribution in [0.3, 0.4) is 0 Å². The maximum absolute atomic E-state index is 15.2. The number of carboxylic acid groups (broad SMARTS) is 1. The maximum atomic E-state index is 15.2. The first-order valence-corrected chi connectivity index (χ1v) is 9.01. The lowest BCUT2D eigenvalue weighted by Crippen LogP contribution is -2.53. The number of carbonyl (C=O) groups is 2. The summed E-state index contributed by atoms with van der Waals surface area (Å²) in [5, 5.41) is 9.16. The summed E-state index contributed by atoms with van der Waals surface area (Å²) in [4.78, 5) is 25.4. The van der Waals surface area contributed by atoms with Crippen LogP contribution < -0.4 is 10.6 Å². The molecule has 2 fully saturated rings. The van der Waals surface area contributed by atoms with Crippen LogP contribution in [0.1, 0.15) is 47.7 Å². The zero-order valence-electron chi connectivity index (χ0n) is 15.7. The van der Waals surface area contributed by atoms with Crippen LogP contribution in [0.5, 0.6) is 0 Å². The number of anilines is 1. The van der Waals surface area contributed by atoms with E-state index in [0.29, 0.717) is 24.0 Å². The van der Waals surface area contributed by atoms with Crippen LogP contribution in [0.4, 0.5) is 14.5 Å². The Balaban J connectivity index is 2.02. The van der Waals surface area contributed by atoms with Crippen molar-refractivity contribution < 1.29 is 23.5 Å². The Morgan fingerprint density at radius 1 is 1.26 bits per heavy atom. The monoisotopic (exact) mass is 378 g/mol. The molecule has 0 bridgehead atoms.